The van der Waals surface area contributed by atoms with E-state index in [1.54, 1.807) is 10.8 Å². The summed E-state index contributed by atoms with van der Waals surface area (Å²) in [6.07, 6.45) is 5.10. The number of fused-ring (bicyclic) bond motifs is 1. The summed E-state index contributed by atoms with van der Waals surface area (Å²) in [5, 5.41) is 19.3. The fraction of sp³-hybridized carbons (Fsp3) is 0.0645. The molecule has 0 radical (unpaired) electrons. The third-order valence-electron chi connectivity index (χ3n) is 6.10. The van der Waals surface area contributed by atoms with Gasteiger partial charge in [0.1, 0.15) is 6.04 Å². The Kier molecular flexibility index (Phi) is 6.90. The molecule has 4 aromatic carbocycles. The molecule has 0 saturated heterocycles. The van der Waals surface area contributed by atoms with Gasteiger partial charge in [-0.2, -0.15) is 5.10 Å². The largest absolute Gasteiger partial charge is 0.480 e. The third kappa shape index (κ3) is 5.65. The molecule has 6 nitrogen and oxygen atoms in total. The highest BCUT2D eigenvalue weighted by Gasteiger charge is 2.19. The van der Waals surface area contributed by atoms with Gasteiger partial charge in [-0.25, -0.2) is 9.48 Å². The second-order valence-corrected chi connectivity index (χ2v) is 8.70. The molecular formula is C31H25N3O3. The number of carboxylic acid groups (broad SMARTS) is 1. The second-order valence-electron chi connectivity index (χ2n) is 8.70. The average molecular weight is 488 g/mol. The topological polar surface area (TPSA) is 84.2 Å². The van der Waals surface area contributed by atoms with E-state index in [1.165, 1.54) is 6.08 Å². The van der Waals surface area contributed by atoms with Crippen molar-refractivity contribution >= 4 is 28.7 Å². The Morgan fingerprint density at radius 1 is 0.865 bits per heavy atom. The fourth-order valence-corrected chi connectivity index (χ4v) is 4.22. The first-order valence-electron chi connectivity index (χ1n) is 12.0. The molecule has 5 rings (SSSR count). The van der Waals surface area contributed by atoms with Crippen LogP contribution in [0.1, 0.15) is 11.1 Å². The van der Waals surface area contributed by atoms with E-state index in [0.29, 0.717) is 0 Å². The van der Waals surface area contributed by atoms with Gasteiger partial charge >= 0.3 is 5.97 Å². The maximum absolute atomic E-state index is 12.7. The summed E-state index contributed by atoms with van der Waals surface area (Å²) < 4.78 is 1.78. The third-order valence-corrected chi connectivity index (χ3v) is 6.10. The van der Waals surface area contributed by atoms with Crippen LogP contribution in [0.25, 0.3) is 33.8 Å². The van der Waals surface area contributed by atoms with Crippen LogP contribution < -0.4 is 5.32 Å². The van der Waals surface area contributed by atoms with Crippen molar-refractivity contribution in [1.29, 1.82) is 0 Å². The fourth-order valence-electron chi connectivity index (χ4n) is 4.22. The first kappa shape index (κ1) is 23.8. The standard InChI is InChI=1S/C31H25N3O3/c35-29(32-28(31(36)37)19-22-9-3-1-4-10-22)18-17-26-21-34(27-13-5-2-6-14-27)33-30(26)25-16-15-23-11-7-8-12-24(23)20-25/h1-18,20-21,28H,19H2,(H,32,35)(H,36,37)/b18-17-/t28-/m0/s1. The molecule has 0 aliphatic rings. The number of para-hydroxylation sites is 1. The normalized spacial score (nSPS) is 12.0. The summed E-state index contributed by atoms with van der Waals surface area (Å²) in [7, 11) is 0. The molecule has 0 aliphatic heterocycles. The number of aromatic nitrogens is 2. The van der Waals surface area contributed by atoms with Crippen LogP contribution in [0.15, 0.2) is 115 Å². The number of amides is 1. The van der Waals surface area contributed by atoms with Crippen LogP contribution in [0, 0.1) is 0 Å². The number of carbonyl (C=O) groups excluding carboxylic acids is 1. The van der Waals surface area contributed by atoms with Crippen LogP contribution in [0.5, 0.6) is 0 Å². The highest BCUT2D eigenvalue weighted by Crippen LogP contribution is 2.28. The van der Waals surface area contributed by atoms with Crippen LogP contribution in [0.4, 0.5) is 0 Å². The lowest BCUT2D eigenvalue weighted by atomic mass is 10.0. The Morgan fingerprint density at radius 3 is 2.27 bits per heavy atom. The van der Waals surface area contributed by atoms with Crippen LogP contribution in [0.2, 0.25) is 0 Å². The predicted molar refractivity (Wildman–Crippen MR) is 145 cm³/mol. The van der Waals surface area contributed by atoms with Crippen LogP contribution >= 0.6 is 0 Å². The number of rotatable bonds is 8. The lowest BCUT2D eigenvalue weighted by Gasteiger charge is -2.13. The highest BCUT2D eigenvalue weighted by molar-refractivity contribution is 5.95. The minimum Gasteiger partial charge on any atom is -0.480 e. The summed E-state index contributed by atoms with van der Waals surface area (Å²) >= 11 is 0. The van der Waals surface area contributed by atoms with Gasteiger partial charge < -0.3 is 10.4 Å². The predicted octanol–water partition coefficient (Wildman–Crippen LogP) is 5.52. The van der Waals surface area contributed by atoms with Crippen molar-refractivity contribution in [2.75, 3.05) is 0 Å². The lowest BCUT2D eigenvalue weighted by Crippen LogP contribution is -2.41. The van der Waals surface area contributed by atoms with Gasteiger partial charge in [0.15, 0.2) is 0 Å². The van der Waals surface area contributed by atoms with Gasteiger partial charge in [0.05, 0.1) is 11.4 Å². The van der Waals surface area contributed by atoms with E-state index < -0.39 is 17.9 Å². The molecule has 6 heteroatoms. The number of aliphatic carboxylic acids is 1. The summed E-state index contributed by atoms with van der Waals surface area (Å²) in [5.74, 6) is -1.57. The molecule has 0 spiro atoms. The average Bonchev–Trinajstić information content (AvgIpc) is 3.37. The van der Waals surface area contributed by atoms with E-state index in [4.69, 9.17) is 5.10 Å². The zero-order valence-electron chi connectivity index (χ0n) is 20.0. The summed E-state index contributed by atoms with van der Waals surface area (Å²) in [5.41, 5.74) is 4.10. The molecule has 0 saturated carbocycles. The first-order valence-corrected chi connectivity index (χ1v) is 12.0. The first-order chi connectivity index (χ1) is 18.1. The number of nitrogens with zero attached hydrogens (tertiary/aromatic N) is 2. The minimum absolute atomic E-state index is 0.198. The lowest BCUT2D eigenvalue weighted by molar-refractivity contribution is -0.141. The van der Waals surface area contributed by atoms with Crippen LogP contribution in [-0.4, -0.2) is 32.8 Å². The van der Waals surface area contributed by atoms with Gasteiger partial charge in [0, 0.05) is 29.8 Å². The molecule has 0 aliphatic carbocycles. The number of hydrogen-bond acceptors (Lipinski definition) is 3. The van der Waals surface area contributed by atoms with Crippen molar-refractivity contribution in [3.8, 4) is 16.9 Å². The molecular weight excluding hydrogens is 462 g/mol. The summed E-state index contributed by atoms with van der Waals surface area (Å²) in [4.78, 5) is 24.5. The molecule has 0 unspecified atom stereocenters. The van der Waals surface area contributed by atoms with Gasteiger partial charge in [0.2, 0.25) is 5.91 Å². The molecule has 0 bridgehead atoms. The van der Waals surface area contributed by atoms with Gasteiger partial charge in [-0.15, -0.1) is 0 Å². The van der Waals surface area contributed by atoms with E-state index in [0.717, 1.165) is 38.8 Å². The van der Waals surface area contributed by atoms with Gasteiger partial charge in [0.25, 0.3) is 0 Å². The van der Waals surface area contributed by atoms with Crippen LogP contribution in [-0.2, 0) is 16.0 Å². The number of nitrogens with one attached hydrogen (secondary N) is 1. The highest BCUT2D eigenvalue weighted by atomic mass is 16.4. The maximum Gasteiger partial charge on any atom is 0.326 e. The van der Waals surface area contributed by atoms with Gasteiger partial charge in [-0.3, -0.25) is 4.79 Å². The maximum atomic E-state index is 12.7. The number of hydrogen-bond donors (Lipinski definition) is 2. The Labute approximate surface area is 214 Å². The van der Waals surface area contributed by atoms with E-state index in [9.17, 15) is 14.7 Å². The number of carboxylic acids is 1. The van der Waals surface area contributed by atoms with Crippen molar-refractivity contribution < 1.29 is 14.7 Å². The van der Waals surface area contributed by atoms with Crippen LogP contribution in [0.3, 0.4) is 0 Å². The number of benzene rings is 4. The minimum atomic E-state index is -1.08. The Hall–Kier alpha value is -4.97. The van der Waals surface area contributed by atoms with Crippen molar-refractivity contribution in [3.63, 3.8) is 0 Å². The van der Waals surface area contributed by atoms with Crippen molar-refractivity contribution in [2.45, 2.75) is 12.5 Å². The zero-order chi connectivity index (χ0) is 25.6. The SMILES string of the molecule is O=C(/C=C\c1cn(-c2ccccc2)nc1-c1ccc2ccccc2c1)N[C@@H](Cc1ccccc1)C(=O)O. The van der Waals surface area contributed by atoms with Crippen molar-refractivity contribution in [3.05, 3.63) is 127 Å². The van der Waals surface area contributed by atoms with E-state index in [1.807, 2.05) is 91.1 Å². The molecule has 182 valence electrons. The Balaban J connectivity index is 1.44. The zero-order valence-corrected chi connectivity index (χ0v) is 20.0. The Morgan fingerprint density at radius 2 is 1.54 bits per heavy atom. The summed E-state index contributed by atoms with van der Waals surface area (Å²) in [6, 6.07) is 32.2. The van der Waals surface area contributed by atoms with E-state index in [-0.39, 0.29) is 6.42 Å². The molecule has 2 N–H and O–H groups in total. The smallest absolute Gasteiger partial charge is 0.326 e. The Bertz CT molecular complexity index is 1570. The quantitative estimate of drug-likeness (QED) is 0.282. The molecule has 1 aromatic heterocycles. The molecule has 5 aromatic rings. The molecule has 1 amide bonds. The van der Waals surface area contributed by atoms with Gasteiger partial charge in [-0.05, 0) is 40.6 Å². The summed E-state index contributed by atoms with van der Waals surface area (Å²) in [6.45, 7) is 0. The molecule has 37 heavy (non-hydrogen) atoms. The van der Waals surface area contributed by atoms with Gasteiger partial charge in [-0.1, -0.05) is 84.9 Å². The second kappa shape index (κ2) is 10.7. The van der Waals surface area contributed by atoms with Crippen molar-refractivity contribution in [1.82, 2.24) is 15.1 Å². The van der Waals surface area contributed by atoms with E-state index in [2.05, 4.69) is 23.5 Å². The number of carbonyl (C=O) groups is 2. The molecule has 1 heterocycles. The molecule has 1 atom stereocenters. The van der Waals surface area contributed by atoms with Crippen molar-refractivity contribution in [2.24, 2.45) is 0 Å². The molecule has 0 fully saturated rings. The van der Waals surface area contributed by atoms with E-state index >= 15 is 0 Å². The monoisotopic (exact) mass is 487 g/mol.